The second-order valence-electron chi connectivity index (χ2n) is 2.37. The Bertz CT molecular complexity index is 120. The Morgan fingerprint density at radius 1 is 1.42 bits per heavy atom. The van der Waals surface area contributed by atoms with Gasteiger partial charge >= 0.3 is 0 Å². The average Bonchev–Trinajstić information content (AvgIpc) is 2.10. The minimum absolute atomic E-state index is 0.102. The van der Waals surface area contributed by atoms with Crippen molar-refractivity contribution in [3.63, 3.8) is 0 Å². The normalized spacial score (nSPS) is 9.83. The van der Waals surface area contributed by atoms with Gasteiger partial charge in [-0.2, -0.15) is 11.8 Å². The summed E-state index contributed by atoms with van der Waals surface area (Å²) in [7, 11) is 1.66. The summed E-state index contributed by atoms with van der Waals surface area (Å²) >= 11 is 1.91. The Morgan fingerprint density at radius 2 is 2.17 bits per heavy atom. The minimum Gasteiger partial charge on any atom is -0.359 e. The summed E-state index contributed by atoms with van der Waals surface area (Å²) in [6.45, 7) is 3.93. The van der Waals surface area contributed by atoms with E-state index in [1.807, 2.05) is 11.8 Å². The van der Waals surface area contributed by atoms with Crippen molar-refractivity contribution < 1.29 is 4.79 Å². The van der Waals surface area contributed by atoms with Crippen molar-refractivity contribution >= 4 is 17.7 Å². The van der Waals surface area contributed by atoms with E-state index in [1.54, 1.807) is 7.05 Å². The summed E-state index contributed by atoms with van der Waals surface area (Å²) in [4.78, 5) is 10.7. The number of thioether (sulfide) groups is 1. The van der Waals surface area contributed by atoms with Crippen molar-refractivity contribution in [2.24, 2.45) is 0 Å². The van der Waals surface area contributed by atoms with Gasteiger partial charge in [0.15, 0.2) is 0 Å². The SMILES string of the molecule is CCSCCNCCC(=O)NC. The van der Waals surface area contributed by atoms with Gasteiger partial charge in [-0.1, -0.05) is 6.92 Å². The first-order chi connectivity index (χ1) is 5.81. The van der Waals surface area contributed by atoms with Crippen LogP contribution in [0.5, 0.6) is 0 Å². The van der Waals surface area contributed by atoms with E-state index in [4.69, 9.17) is 0 Å². The van der Waals surface area contributed by atoms with Gasteiger partial charge in [0.05, 0.1) is 0 Å². The van der Waals surface area contributed by atoms with Crippen LogP contribution in [0.3, 0.4) is 0 Å². The molecule has 0 aliphatic carbocycles. The van der Waals surface area contributed by atoms with Gasteiger partial charge in [0.2, 0.25) is 5.91 Å². The molecule has 0 bridgehead atoms. The molecule has 0 rings (SSSR count). The van der Waals surface area contributed by atoms with Crippen molar-refractivity contribution in [3.8, 4) is 0 Å². The smallest absolute Gasteiger partial charge is 0.221 e. The van der Waals surface area contributed by atoms with E-state index in [9.17, 15) is 4.79 Å². The molecule has 4 heteroatoms. The lowest BCUT2D eigenvalue weighted by atomic mass is 10.4. The van der Waals surface area contributed by atoms with E-state index in [-0.39, 0.29) is 5.91 Å². The molecule has 0 heterocycles. The van der Waals surface area contributed by atoms with E-state index in [0.717, 1.165) is 24.6 Å². The van der Waals surface area contributed by atoms with E-state index in [2.05, 4.69) is 17.6 Å². The summed E-state index contributed by atoms with van der Waals surface area (Å²) in [5.41, 5.74) is 0. The topological polar surface area (TPSA) is 41.1 Å². The fourth-order valence-electron chi connectivity index (χ4n) is 0.741. The first kappa shape index (κ1) is 11.8. The Balaban J connectivity index is 2.95. The predicted octanol–water partition coefficient (Wildman–Crippen LogP) is 0.465. The summed E-state index contributed by atoms with van der Waals surface area (Å²) in [5, 5.41) is 5.79. The monoisotopic (exact) mass is 190 g/mol. The summed E-state index contributed by atoms with van der Waals surface area (Å²) in [5.74, 6) is 2.40. The molecule has 1 amide bonds. The quantitative estimate of drug-likeness (QED) is 0.573. The van der Waals surface area contributed by atoms with Gasteiger partial charge in [0.1, 0.15) is 0 Å². The van der Waals surface area contributed by atoms with Crippen LogP contribution in [0.2, 0.25) is 0 Å². The minimum atomic E-state index is 0.102. The lowest BCUT2D eigenvalue weighted by Crippen LogP contribution is -2.26. The van der Waals surface area contributed by atoms with Crippen molar-refractivity contribution in [1.82, 2.24) is 10.6 Å². The zero-order valence-electron chi connectivity index (χ0n) is 7.85. The fourth-order valence-corrected chi connectivity index (χ4v) is 1.32. The number of carbonyl (C=O) groups is 1. The largest absolute Gasteiger partial charge is 0.359 e. The van der Waals surface area contributed by atoms with E-state index in [1.165, 1.54) is 0 Å². The van der Waals surface area contributed by atoms with Crippen LogP contribution in [0.1, 0.15) is 13.3 Å². The molecule has 72 valence electrons. The van der Waals surface area contributed by atoms with Crippen LogP contribution < -0.4 is 10.6 Å². The molecule has 0 saturated heterocycles. The highest BCUT2D eigenvalue weighted by Crippen LogP contribution is 1.94. The summed E-state index contributed by atoms with van der Waals surface area (Å²) in [6, 6.07) is 0. The molecule has 0 saturated carbocycles. The Kier molecular flexibility index (Phi) is 8.71. The molecule has 0 aromatic rings. The van der Waals surface area contributed by atoms with Crippen molar-refractivity contribution in [1.29, 1.82) is 0 Å². The third kappa shape index (κ3) is 7.88. The predicted molar refractivity (Wildman–Crippen MR) is 54.6 cm³/mol. The van der Waals surface area contributed by atoms with Gasteiger partial charge in [0.25, 0.3) is 0 Å². The number of hydrogen-bond acceptors (Lipinski definition) is 3. The summed E-state index contributed by atoms with van der Waals surface area (Å²) < 4.78 is 0. The second kappa shape index (κ2) is 8.87. The fraction of sp³-hybridized carbons (Fsp3) is 0.875. The first-order valence-corrected chi connectivity index (χ1v) is 5.45. The van der Waals surface area contributed by atoms with Gasteiger partial charge in [-0.05, 0) is 5.75 Å². The zero-order chi connectivity index (χ0) is 9.23. The highest BCUT2D eigenvalue weighted by atomic mass is 32.2. The number of hydrogen-bond donors (Lipinski definition) is 2. The first-order valence-electron chi connectivity index (χ1n) is 4.30. The Labute approximate surface area is 78.7 Å². The van der Waals surface area contributed by atoms with Gasteiger partial charge in [-0.15, -0.1) is 0 Å². The zero-order valence-corrected chi connectivity index (χ0v) is 8.67. The van der Waals surface area contributed by atoms with Crippen LogP contribution in [0.4, 0.5) is 0 Å². The molecule has 0 fully saturated rings. The van der Waals surface area contributed by atoms with Crippen LogP contribution in [-0.4, -0.2) is 37.6 Å². The molecule has 0 aliphatic rings. The van der Waals surface area contributed by atoms with E-state index < -0.39 is 0 Å². The molecule has 12 heavy (non-hydrogen) atoms. The van der Waals surface area contributed by atoms with Crippen LogP contribution in [-0.2, 0) is 4.79 Å². The average molecular weight is 190 g/mol. The molecule has 0 spiro atoms. The molecular formula is C8H18N2OS. The highest BCUT2D eigenvalue weighted by Gasteiger charge is 1.95. The molecular weight excluding hydrogens is 172 g/mol. The Hall–Kier alpha value is -0.220. The molecule has 2 N–H and O–H groups in total. The standard InChI is InChI=1S/C8H18N2OS/c1-3-12-7-6-10-5-4-8(11)9-2/h10H,3-7H2,1-2H3,(H,9,11). The molecule has 0 aromatic heterocycles. The molecule has 0 aliphatic heterocycles. The lowest BCUT2D eigenvalue weighted by Gasteiger charge is -2.02. The van der Waals surface area contributed by atoms with Crippen LogP contribution in [0.25, 0.3) is 0 Å². The Morgan fingerprint density at radius 3 is 2.75 bits per heavy atom. The van der Waals surface area contributed by atoms with Crippen LogP contribution in [0, 0.1) is 0 Å². The number of amides is 1. The third-order valence-electron chi connectivity index (χ3n) is 1.43. The summed E-state index contributed by atoms with van der Waals surface area (Å²) in [6.07, 6.45) is 0.577. The van der Waals surface area contributed by atoms with Gasteiger partial charge in [0, 0.05) is 32.3 Å². The molecule has 0 atom stereocenters. The van der Waals surface area contributed by atoms with Gasteiger partial charge in [-0.25, -0.2) is 0 Å². The molecule has 0 radical (unpaired) electrons. The maximum Gasteiger partial charge on any atom is 0.221 e. The second-order valence-corrected chi connectivity index (χ2v) is 3.76. The highest BCUT2D eigenvalue weighted by molar-refractivity contribution is 7.99. The van der Waals surface area contributed by atoms with Gasteiger partial charge in [-0.3, -0.25) is 4.79 Å². The molecule has 3 nitrogen and oxygen atoms in total. The molecule has 0 unspecified atom stereocenters. The lowest BCUT2D eigenvalue weighted by molar-refractivity contribution is -0.120. The maximum atomic E-state index is 10.7. The van der Waals surface area contributed by atoms with Crippen molar-refractivity contribution in [2.45, 2.75) is 13.3 Å². The van der Waals surface area contributed by atoms with Crippen LogP contribution >= 0.6 is 11.8 Å². The maximum absolute atomic E-state index is 10.7. The van der Waals surface area contributed by atoms with Crippen molar-refractivity contribution in [2.75, 3.05) is 31.6 Å². The van der Waals surface area contributed by atoms with Crippen molar-refractivity contribution in [3.05, 3.63) is 0 Å². The van der Waals surface area contributed by atoms with Crippen LogP contribution in [0.15, 0.2) is 0 Å². The third-order valence-corrected chi connectivity index (χ3v) is 2.34. The van der Waals surface area contributed by atoms with E-state index >= 15 is 0 Å². The van der Waals surface area contributed by atoms with Gasteiger partial charge < -0.3 is 10.6 Å². The number of rotatable bonds is 7. The number of nitrogens with one attached hydrogen (secondary N) is 2. The molecule has 0 aromatic carbocycles. The van der Waals surface area contributed by atoms with E-state index in [0.29, 0.717) is 6.42 Å². The number of carbonyl (C=O) groups excluding carboxylic acids is 1.